The Bertz CT molecular complexity index is 1170. The fraction of sp³-hybridized carbons (Fsp3) is 0.207. The van der Waals surface area contributed by atoms with Crippen molar-refractivity contribution in [1.29, 1.82) is 0 Å². The molecule has 0 bridgehead atoms. The van der Waals surface area contributed by atoms with Gasteiger partial charge in [0.25, 0.3) is 0 Å². The summed E-state index contributed by atoms with van der Waals surface area (Å²) in [7, 11) is 0. The standard InChI is InChI=1S/C29H28O5/c1-29(34-20-23-15-9-4-10-16-23)25(17-21-11-5-2-6-12-21)24(28(31)32)18-26(30)27(29)33-19-22-13-7-3-8-14-22/h2-16,18,25,30H,17,19-20H2,1H3,(H,31,32). The first kappa shape index (κ1) is 23.3. The summed E-state index contributed by atoms with van der Waals surface area (Å²) >= 11 is 0. The smallest absolute Gasteiger partial charge is 0.332 e. The van der Waals surface area contributed by atoms with Gasteiger partial charge in [0.15, 0.2) is 11.5 Å². The lowest BCUT2D eigenvalue weighted by molar-refractivity contribution is -0.137. The molecule has 0 radical (unpaired) electrons. The zero-order chi connectivity index (χ0) is 24.0. The lowest BCUT2D eigenvalue weighted by Gasteiger charge is -2.42. The summed E-state index contributed by atoms with van der Waals surface area (Å²) in [5.74, 6) is -1.67. The molecule has 1 aliphatic carbocycles. The number of benzene rings is 3. The van der Waals surface area contributed by atoms with Crippen LogP contribution in [-0.2, 0) is 33.9 Å². The third-order valence-electron chi connectivity index (χ3n) is 6.15. The molecule has 2 atom stereocenters. The first-order chi connectivity index (χ1) is 16.5. The minimum absolute atomic E-state index is 0.0870. The molecule has 0 aliphatic heterocycles. The number of hydrogen-bond acceptors (Lipinski definition) is 4. The first-order valence-electron chi connectivity index (χ1n) is 11.2. The van der Waals surface area contributed by atoms with Gasteiger partial charge in [0.1, 0.15) is 12.2 Å². The fourth-order valence-corrected chi connectivity index (χ4v) is 4.31. The van der Waals surface area contributed by atoms with Crippen molar-refractivity contribution in [2.45, 2.75) is 32.2 Å². The van der Waals surface area contributed by atoms with Crippen molar-refractivity contribution in [1.82, 2.24) is 0 Å². The van der Waals surface area contributed by atoms with E-state index in [1.807, 2.05) is 91.0 Å². The number of allylic oxidation sites excluding steroid dienone is 1. The van der Waals surface area contributed by atoms with Crippen LogP contribution in [0.1, 0.15) is 23.6 Å². The third-order valence-corrected chi connectivity index (χ3v) is 6.15. The van der Waals surface area contributed by atoms with E-state index in [9.17, 15) is 15.0 Å². The number of carboxylic acids is 1. The highest BCUT2D eigenvalue weighted by atomic mass is 16.5. The van der Waals surface area contributed by atoms with Gasteiger partial charge in [-0.05, 0) is 36.1 Å². The molecule has 34 heavy (non-hydrogen) atoms. The predicted octanol–water partition coefficient (Wildman–Crippen LogP) is 5.83. The van der Waals surface area contributed by atoms with Crippen molar-refractivity contribution in [2.24, 2.45) is 5.92 Å². The van der Waals surface area contributed by atoms with E-state index in [2.05, 4.69) is 0 Å². The molecule has 0 fully saturated rings. The van der Waals surface area contributed by atoms with Crippen molar-refractivity contribution in [3.05, 3.63) is 131 Å². The zero-order valence-electron chi connectivity index (χ0n) is 19.1. The molecule has 0 saturated carbocycles. The van der Waals surface area contributed by atoms with Gasteiger partial charge in [-0.3, -0.25) is 0 Å². The van der Waals surface area contributed by atoms with Gasteiger partial charge < -0.3 is 19.7 Å². The minimum Gasteiger partial charge on any atom is -0.504 e. The summed E-state index contributed by atoms with van der Waals surface area (Å²) in [5, 5.41) is 20.9. The highest BCUT2D eigenvalue weighted by Gasteiger charge is 2.48. The lowest BCUT2D eigenvalue weighted by atomic mass is 9.74. The molecule has 0 aromatic heterocycles. The molecular weight excluding hydrogens is 428 g/mol. The van der Waals surface area contributed by atoms with Crippen LogP contribution in [0.15, 0.2) is 114 Å². The van der Waals surface area contributed by atoms with Crippen LogP contribution in [0.5, 0.6) is 0 Å². The summed E-state index contributed by atoms with van der Waals surface area (Å²) in [6.07, 6.45) is 1.71. The topological polar surface area (TPSA) is 76.0 Å². The van der Waals surface area contributed by atoms with E-state index in [1.165, 1.54) is 6.08 Å². The molecule has 0 spiro atoms. The van der Waals surface area contributed by atoms with Crippen LogP contribution in [0.25, 0.3) is 0 Å². The number of ether oxygens (including phenoxy) is 2. The quantitative estimate of drug-likeness (QED) is 0.424. The Balaban J connectivity index is 1.73. The molecule has 0 heterocycles. The van der Waals surface area contributed by atoms with Crippen LogP contribution < -0.4 is 0 Å². The molecule has 2 N–H and O–H groups in total. The maximum atomic E-state index is 12.3. The highest BCUT2D eigenvalue weighted by Crippen LogP contribution is 2.43. The van der Waals surface area contributed by atoms with E-state index in [4.69, 9.17) is 9.47 Å². The number of carboxylic acid groups (broad SMARTS) is 1. The summed E-state index contributed by atoms with van der Waals surface area (Å²) in [5.41, 5.74) is 1.71. The van der Waals surface area contributed by atoms with Gasteiger partial charge in [0.2, 0.25) is 0 Å². The Hall–Kier alpha value is -3.83. The largest absolute Gasteiger partial charge is 0.504 e. The van der Waals surface area contributed by atoms with Crippen LogP contribution in [0.2, 0.25) is 0 Å². The molecule has 5 nitrogen and oxygen atoms in total. The number of aliphatic hydroxyl groups excluding tert-OH is 1. The Kier molecular flexibility index (Phi) is 7.14. The average Bonchev–Trinajstić information content (AvgIpc) is 2.86. The Morgan fingerprint density at radius 2 is 1.32 bits per heavy atom. The second kappa shape index (κ2) is 10.4. The first-order valence-corrected chi connectivity index (χ1v) is 11.2. The van der Waals surface area contributed by atoms with E-state index in [1.54, 1.807) is 6.92 Å². The van der Waals surface area contributed by atoms with E-state index in [-0.39, 0.29) is 30.3 Å². The minimum atomic E-state index is -1.22. The monoisotopic (exact) mass is 456 g/mol. The molecule has 2 unspecified atom stereocenters. The molecule has 1 aliphatic rings. The van der Waals surface area contributed by atoms with Gasteiger partial charge in [-0.25, -0.2) is 4.79 Å². The van der Waals surface area contributed by atoms with Crippen LogP contribution in [0.3, 0.4) is 0 Å². The van der Waals surface area contributed by atoms with Gasteiger partial charge in [0.05, 0.1) is 6.61 Å². The maximum Gasteiger partial charge on any atom is 0.332 e. The maximum absolute atomic E-state index is 12.3. The lowest BCUT2D eigenvalue weighted by Crippen LogP contribution is -2.46. The van der Waals surface area contributed by atoms with E-state index in [0.717, 1.165) is 16.7 Å². The second-order valence-electron chi connectivity index (χ2n) is 8.52. The van der Waals surface area contributed by atoms with Gasteiger partial charge >= 0.3 is 5.97 Å². The number of hydrogen-bond donors (Lipinski definition) is 2. The predicted molar refractivity (Wildman–Crippen MR) is 130 cm³/mol. The van der Waals surface area contributed by atoms with Crippen LogP contribution in [0.4, 0.5) is 0 Å². The van der Waals surface area contributed by atoms with Gasteiger partial charge in [0, 0.05) is 11.5 Å². The van der Waals surface area contributed by atoms with E-state index in [0.29, 0.717) is 6.42 Å². The SMILES string of the molecule is CC1(OCc2ccccc2)C(OCc2ccccc2)=C(O)C=C(C(=O)O)C1Cc1ccccc1. The highest BCUT2D eigenvalue weighted by molar-refractivity contribution is 5.89. The van der Waals surface area contributed by atoms with Crippen molar-refractivity contribution >= 4 is 5.97 Å². The van der Waals surface area contributed by atoms with Crippen molar-refractivity contribution in [2.75, 3.05) is 0 Å². The number of aliphatic hydroxyl groups is 1. The van der Waals surface area contributed by atoms with Gasteiger partial charge in [-0.1, -0.05) is 91.0 Å². The van der Waals surface area contributed by atoms with Crippen molar-refractivity contribution in [3.63, 3.8) is 0 Å². The Labute approximate surface area is 199 Å². The number of carbonyl (C=O) groups is 1. The van der Waals surface area contributed by atoms with Gasteiger partial charge in [-0.2, -0.15) is 0 Å². The number of rotatable bonds is 9. The van der Waals surface area contributed by atoms with Crippen LogP contribution in [-0.4, -0.2) is 21.8 Å². The third kappa shape index (κ3) is 5.21. The molecule has 0 amide bonds. The Morgan fingerprint density at radius 3 is 1.85 bits per heavy atom. The zero-order valence-corrected chi connectivity index (χ0v) is 19.1. The van der Waals surface area contributed by atoms with Gasteiger partial charge in [-0.15, -0.1) is 0 Å². The Morgan fingerprint density at radius 1 is 0.824 bits per heavy atom. The van der Waals surface area contributed by atoms with Crippen LogP contribution >= 0.6 is 0 Å². The summed E-state index contributed by atoms with van der Waals surface area (Å²) in [6.45, 7) is 2.26. The van der Waals surface area contributed by atoms with E-state index < -0.39 is 17.5 Å². The molecule has 3 aromatic rings. The average molecular weight is 457 g/mol. The molecular formula is C29H28O5. The molecule has 4 rings (SSSR count). The van der Waals surface area contributed by atoms with Crippen molar-refractivity contribution < 1.29 is 24.5 Å². The molecule has 5 heteroatoms. The summed E-state index contributed by atoms with van der Waals surface area (Å²) in [6, 6.07) is 29.0. The number of aliphatic carboxylic acids is 1. The molecule has 3 aromatic carbocycles. The van der Waals surface area contributed by atoms with Crippen LogP contribution in [0, 0.1) is 5.92 Å². The van der Waals surface area contributed by atoms with E-state index >= 15 is 0 Å². The molecule has 174 valence electrons. The summed E-state index contributed by atoms with van der Waals surface area (Å²) < 4.78 is 12.6. The molecule has 0 saturated heterocycles. The normalized spacial score (nSPS) is 20.0. The fourth-order valence-electron chi connectivity index (χ4n) is 4.31. The second-order valence-corrected chi connectivity index (χ2v) is 8.52. The summed E-state index contributed by atoms with van der Waals surface area (Å²) in [4.78, 5) is 12.3. The van der Waals surface area contributed by atoms with Crippen molar-refractivity contribution in [3.8, 4) is 0 Å².